The van der Waals surface area contributed by atoms with Crippen LogP contribution in [0.15, 0.2) is 36.4 Å². The summed E-state index contributed by atoms with van der Waals surface area (Å²) in [5.41, 5.74) is 0.564. The highest BCUT2D eigenvalue weighted by Gasteiger charge is 2.16. The smallest absolute Gasteiger partial charge is 0.257 e. The average Bonchev–Trinajstić information content (AvgIpc) is 2.57. The van der Waals surface area contributed by atoms with E-state index in [1.807, 2.05) is 22.6 Å². The third-order valence-corrected chi connectivity index (χ3v) is 4.09. The molecule has 5 nitrogen and oxygen atoms in total. The summed E-state index contributed by atoms with van der Waals surface area (Å²) >= 11 is 7.07. The van der Waals surface area contributed by atoms with Crippen molar-refractivity contribution in [1.82, 2.24) is 5.32 Å². The number of hydrogen-bond acceptors (Lipinski definition) is 4. The van der Waals surface area contributed by atoms with Crippen LogP contribution in [0.4, 0.5) is 10.1 Å². The maximum absolute atomic E-state index is 13.8. The zero-order valence-electron chi connectivity index (χ0n) is 12.3. The number of benzene rings is 2. The first-order valence-corrected chi connectivity index (χ1v) is 8.48. The van der Waals surface area contributed by atoms with Gasteiger partial charge in [-0.1, -0.05) is 0 Å². The summed E-state index contributed by atoms with van der Waals surface area (Å²) in [6.07, 6.45) is 0. The van der Waals surface area contributed by atoms with Crippen molar-refractivity contribution in [3.8, 4) is 11.5 Å². The monoisotopic (exact) mass is 458 g/mol. The van der Waals surface area contributed by atoms with Gasteiger partial charge in [-0.3, -0.25) is 10.1 Å². The standard InChI is InChI=1S/C16H12FIN2O3S/c17-11-8-10(18)2-3-12(11)19-16(24)20-15(21)9-1-4-13-14(7-9)23-6-5-22-13/h1-4,7-8H,5-6H2,(H2,19,20,21,24). The van der Waals surface area contributed by atoms with Crippen molar-refractivity contribution in [2.45, 2.75) is 0 Å². The fourth-order valence-electron chi connectivity index (χ4n) is 2.10. The highest BCUT2D eigenvalue weighted by atomic mass is 127. The average molecular weight is 458 g/mol. The molecular formula is C16H12FIN2O3S. The second kappa shape index (κ2) is 7.31. The molecule has 124 valence electrons. The Morgan fingerprint density at radius 2 is 1.88 bits per heavy atom. The van der Waals surface area contributed by atoms with Crippen LogP contribution in [0.1, 0.15) is 10.4 Å². The molecule has 0 radical (unpaired) electrons. The molecule has 0 aromatic heterocycles. The van der Waals surface area contributed by atoms with E-state index < -0.39 is 11.7 Å². The van der Waals surface area contributed by atoms with E-state index in [0.717, 1.165) is 3.57 Å². The van der Waals surface area contributed by atoms with Gasteiger partial charge in [-0.2, -0.15) is 0 Å². The SMILES string of the molecule is O=C(NC(=S)Nc1ccc(I)cc1F)c1ccc2c(c1)OCCO2. The van der Waals surface area contributed by atoms with E-state index in [1.165, 1.54) is 6.07 Å². The Kier molecular flexibility index (Phi) is 5.14. The van der Waals surface area contributed by atoms with E-state index in [-0.39, 0.29) is 10.8 Å². The van der Waals surface area contributed by atoms with Crippen LogP contribution in [0.2, 0.25) is 0 Å². The van der Waals surface area contributed by atoms with Crippen LogP contribution in [0.5, 0.6) is 11.5 Å². The van der Waals surface area contributed by atoms with Crippen LogP contribution in [-0.2, 0) is 0 Å². The van der Waals surface area contributed by atoms with Gasteiger partial charge in [0.25, 0.3) is 5.91 Å². The van der Waals surface area contributed by atoms with Gasteiger partial charge >= 0.3 is 0 Å². The van der Waals surface area contributed by atoms with Gasteiger partial charge in [-0.15, -0.1) is 0 Å². The van der Waals surface area contributed by atoms with E-state index in [2.05, 4.69) is 10.6 Å². The van der Waals surface area contributed by atoms with Crippen LogP contribution in [0, 0.1) is 9.39 Å². The molecule has 0 bridgehead atoms. The van der Waals surface area contributed by atoms with E-state index in [0.29, 0.717) is 30.3 Å². The zero-order valence-corrected chi connectivity index (χ0v) is 15.2. The Labute approximate surface area is 156 Å². The molecule has 1 amide bonds. The van der Waals surface area contributed by atoms with Gasteiger partial charge in [-0.25, -0.2) is 4.39 Å². The third-order valence-electron chi connectivity index (χ3n) is 3.21. The first kappa shape index (κ1) is 16.9. The van der Waals surface area contributed by atoms with Gasteiger partial charge in [-0.05, 0) is 71.2 Å². The number of halogens is 2. The lowest BCUT2D eigenvalue weighted by molar-refractivity contribution is 0.0976. The Bertz CT molecular complexity index is 816. The summed E-state index contributed by atoms with van der Waals surface area (Å²) in [4.78, 5) is 12.2. The molecule has 1 aliphatic rings. The van der Waals surface area contributed by atoms with Gasteiger partial charge < -0.3 is 14.8 Å². The maximum atomic E-state index is 13.8. The minimum absolute atomic E-state index is 0.00926. The Hall–Kier alpha value is -1.94. The molecule has 0 atom stereocenters. The largest absolute Gasteiger partial charge is 0.486 e. The van der Waals surface area contributed by atoms with Crippen molar-refractivity contribution in [2.24, 2.45) is 0 Å². The molecule has 0 unspecified atom stereocenters. The highest BCUT2D eigenvalue weighted by molar-refractivity contribution is 14.1. The molecule has 1 heterocycles. The molecule has 0 aliphatic carbocycles. The minimum atomic E-state index is -0.446. The molecule has 2 aromatic carbocycles. The van der Waals surface area contributed by atoms with Gasteiger partial charge in [0.1, 0.15) is 19.0 Å². The third kappa shape index (κ3) is 3.93. The molecule has 0 fully saturated rings. The van der Waals surface area contributed by atoms with Crippen molar-refractivity contribution in [3.05, 3.63) is 51.3 Å². The molecule has 8 heteroatoms. The van der Waals surface area contributed by atoms with Crippen molar-refractivity contribution in [1.29, 1.82) is 0 Å². The summed E-state index contributed by atoms with van der Waals surface area (Å²) in [5, 5.41) is 5.18. The van der Waals surface area contributed by atoms with Crippen molar-refractivity contribution in [2.75, 3.05) is 18.5 Å². The number of amides is 1. The van der Waals surface area contributed by atoms with Crippen LogP contribution in [-0.4, -0.2) is 24.2 Å². The predicted molar refractivity (Wildman–Crippen MR) is 100 cm³/mol. The first-order chi connectivity index (χ1) is 11.5. The summed E-state index contributed by atoms with van der Waals surface area (Å²) in [5.74, 6) is 0.240. The van der Waals surface area contributed by atoms with Crippen LogP contribution in [0.25, 0.3) is 0 Å². The molecule has 3 rings (SSSR count). The molecule has 1 aliphatic heterocycles. The van der Waals surface area contributed by atoms with E-state index in [9.17, 15) is 9.18 Å². The summed E-state index contributed by atoms with van der Waals surface area (Å²) < 4.78 is 25.4. The van der Waals surface area contributed by atoms with E-state index in [4.69, 9.17) is 21.7 Å². The number of hydrogen-bond donors (Lipinski definition) is 2. The summed E-state index contributed by atoms with van der Waals surface area (Å²) in [6.45, 7) is 0.915. The number of thiocarbonyl (C=S) groups is 1. The molecule has 0 spiro atoms. The Morgan fingerprint density at radius 3 is 2.62 bits per heavy atom. The number of carbonyl (C=O) groups is 1. The molecule has 2 N–H and O–H groups in total. The normalized spacial score (nSPS) is 12.4. The van der Waals surface area contributed by atoms with Gasteiger partial charge in [0.2, 0.25) is 0 Å². The molecule has 0 saturated carbocycles. The topological polar surface area (TPSA) is 59.6 Å². The quantitative estimate of drug-likeness (QED) is 0.535. The summed E-state index contributed by atoms with van der Waals surface area (Å²) in [6, 6.07) is 9.51. The first-order valence-electron chi connectivity index (χ1n) is 7.00. The molecular weight excluding hydrogens is 446 g/mol. The van der Waals surface area contributed by atoms with E-state index >= 15 is 0 Å². The molecule has 24 heavy (non-hydrogen) atoms. The minimum Gasteiger partial charge on any atom is -0.486 e. The highest BCUT2D eigenvalue weighted by Crippen LogP contribution is 2.30. The van der Waals surface area contributed by atoms with Crippen molar-refractivity contribution < 1.29 is 18.7 Å². The summed E-state index contributed by atoms with van der Waals surface area (Å²) in [7, 11) is 0. The number of rotatable bonds is 2. The fraction of sp³-hybridized carbons (Fsp3) is 0.125. The second-order valence-corrected chi connectivity index (χ2v) is 6.54. The van der Waals surface area contributed by atoms with Crippen molar-refractivity contribution >= 4 is 51.5 Å². The number of anilines is 1. The van der Waals surface area contributed by atoms with Crippen LogP contribution in [0.3, 0.4) is 0 Å². The van der Waals surface area contributed by atoms with Crippen molar-refractivity contribution in [3.63, 3.8) is 0 Å². The van der Waals surface area contributed by atoms with Crippen LogP contribution >= 0.6 is 34.8 Å². The lowest BCUT2D eigenvalue weighted by atomic mass is 10.2. The number of nitrogens with one attached hydrogen (secondary N) is 2. The number of fused-ring (bicyclic) bond motifs is 1. The number of ether oxygens (including phenoxy) is 2. The molecule has 0 saturated heterocycles. The van der Waals surface area contributed by atoms with Gasteiger partial charge in [0.15, 0.2) is 16.6 Å². The fourth-order valence-corrected chi connectivity index (χ4v) is 2.76. The van der Waals surface area contributed by atoms with E-state index in [1.54, 1.807) is 30.3 Å². The maximum Gasteiger partial charge on any atom is 0.257 e. The second-order valence-electron chi connectivity index (χ2n) is 4.89. The van der Waals surface area contributed by atoms with Crippen LogP contribution < -0.4 is 20.1 Å². The lowest BCUT2D eigenvalue weighted by Gasteiger charge is -2.18. The Morgan fingerprint density at radius 1 is 1.12 bits per heavy atom. The zero-order chi connectivity index (χ0) is 17.1. The van der Waals surface area contributed by atoms with Gasteiger partial charge in [0.05, 0.1) is 5.69 Å². The number of carbonyl (C=O) groups excluding carboxylic acids is 1. The van der Waals surface area contributed by atoms with Gasteiger partial charge in [0, 0.05) is 9.13 Å². The predicted octanol–water partition coefficient (Wildman–Crippen LogP) is 3.33. The Balaban J connectivity index is 1.67. The lowest BCUT2D eigenvalue weighted by Crippen LogP contribution is -2.34. The molecule has 2 aromatic rings.